The fraction of sp³-hybridized carbons (Fsp3) is 0.122. The number of rotatable bonds is 19. The number of fused-ring (bicyclic) bond motifs is 15. The van der Waals surface area contributed by atoms with Crippen molar-refractivity contribution < 1.29 is 10.0 Å². The Hall–Kier alpha value is -13.1. The molecule has 0 saturated heterocycles. The van der Waals surface area contributed by atoms with Crippen LogP contribution in [0.1, 0.15) is 113 Å². The van der Waals surface area contributed by atoms with Gasteiger partial charge in [0.1, 0.15) is 0 Å². The molecule has 0 unspecified atom stereocenters. The van der Waals surface area contributed by atoms with Gasteiger partial charge in [-0.15, -0.1) is 0 Å². The van der Waals surface area contributed by atoms with Crippen molar-refractivity contribution in [2.45, 2.75) is 96.3 Å². The van der Waals surface area contributed by atoms with Crippen molar-refractivity contribution in [3.05, 3.63) is 473 Å². The summed E-state index contributed by atoms with van der Waals surface area (Å²) in [7, 11) is -6.66. The van der Waals surface area contributed by atoms with Crippen LogP contribution < -0.4 is 47.0 Å². The minimum atomic E-state index is -2.70. The Morgan fingerprint density at radius 3 is 0.758 bits per heavy atom. The van der Waals surface area contributed by atoms with E-state index in [0.717, 1.165) is 58.8 Å². The van der Waals surface area contributed by atoms with E-state index < -0.39 is 23.3 Å². The Kier molecular flexibility index (Phi) is 22.9. The first kappa shape index (κ1) is 85.7. The zero-order chi connectivity index (χ0) is 90.0. The summed E-state index contributed by atoms with van der Waals surface area (Å²) in [5.74, 6) is 0. The molecule has 2 aromatic heterocycles. The van der Waals surface area contributed by atoms with E-state index in [1.165, 1.54) is 174 Å². The van der Waals surface area contributed by atoms with Crippen molar-refractivity contribution in [3.8, 4) is 67.0 Å². The summed E-state index contributed by atoms with van der Waals surface area (Å²) in [6.07, 6.45) is 6.31. The lowest BCUT2D eigenvalue weighted by Crippen LogP contribution is -2.74. The van der Waals surface area contributed by atoms with Crippen LogP contribution in [-0.2, 0) is 16.2 Å². The maximum absolute atomic E-state index is 9.44. The van der Waals surface area contributed by atoms with Crippen LogP contribution in [0.25, 0.3) is 111 Å². The first-order chi connectivity index (χ1) is 64.8. The average molecular weight is 1870 g/mol. The number of hydrogen-bond acceptors (Lipinski definition) is 2. The highest BCUT2D eigenvalue weighted by atomic mass is 79.9. The van der Waals surface area contributed by atoms with E-state index in [4.69, 9.17) is 0 Å². The molecule has 9 heteroatoms. The fourth-order valence-corrected chi connectivity index (χ4v) is 33.9. The van der Waals surface area contributed by atoms with Crippen LogP contribution in [0.5, 0.6) is 0 Å². The Balaban J connectivity index is 0.000000145. The minimum Gasteiger partial charge on any atom is -0.423 e. The molecule has 3 aliphatic carbocycles. The van der Waals surface area contributed by atoms with E-state index in [-0.39, 0.29) is 16.2 Å². The van der Waals surface area contributed by atoms with Crippen molar-refractivity contribution in [2.24, 2.45) is 0 Å². The number of halogens is 2. The molecule has 0 spiro atoms. The van der Waals surface area contributed by atoms with Crippen LogP contribution in [0.2, 0.25) is 0 Å². The van der Waals surface area contributed by atoms with E-state index in [2.05, 4.69) is 495 Å². The normalized spacial score (nSPS) is 13.4. The second-order valence-electron chi connectivity index (χ2n) is 36.0. The summed E-state index contributed by atoms with van der Waals surface area (Å²) in [6.45, 7) is 13.9. The molecule has 2 N–H and O–H groups in total. The Morgan fingerprint density at radius 2 is 0.462 bits per heavy atom. The van der Waals surface area contributed by atoms with Gasteiger partial charge in [-0.2, -0.15) is 0 Å². The summed E-state index contributed by atoms with van der Waals surface area (Å²) in [6, 6.07) is 161. The van der Waals surface area contributed by atoms with Gasteiger partial charge >= 0.3 is 7.12 Å². The van der Waals surface area contributed by atoms with Gasteiger partial charge in [-0.3, -0.25) is 0 Å². The summed E-state index contributed by atoms with van der Waals surface area (Å²) >= 11 is 7.37. The molecule has 642 valence electrons. The lowest BCUT2D eigenvalue weighted by molar-refractivity contribution is 0.425. The third-order valence-corrected chi connectivity index (χ3v) is 40.8. The summed E-state index contributed by atoms with van der Waals surface area (Å²) in [5.41, 5.74) is 29.3. The maximum atomic E-state index is 9.44. The first-order valence-corrected chi connectivity index (χ1v) is 52.5. The maximum Gasteiger partial charge on any atom is 0.488 e. The van der Waals surface area contributed by atoms with Gasteiger partial charge in [0.2, 0.25) is 0 Å². The third kappa shape index (κ3) is 13.8. The van der Waals surface area contributed by atoms with Gasteiger partial charge in [-0.25, -0.2) is 0 Å². The molecule has 0 fully saturated rings. The van der Waals surface area contributed by atoms with Crippen LogP contribution in [0, 0.1) is 0 Å². The molecular formula is C123H103BBr2N2O2Si2. The van der Waals surface area contributed by atoms with Crippen LogP contribution in [-0.4, -0.2) is 42.4 Å². The standard InChI is InChI=1S/C70H59NSi.C36H25Br2NSi.C17H19BO2/c1-5-69(6-2)63-30-20-18-28-57(63)59-40-32-50(46-65(59)69)48-34-42-67-61(44-48)62-45-49(51-33-41-60-58-29-19-21-31-64(58)70(7-3,8-4)66(60)47-51)35-43-68(62)71(67)52-36-38-56(39-37-52)72(53-22-12-9-13-23-53,54-24-14-10-15-25-54)55-26-16-11-17-27-55;37-26-16-22-35-33(24-26)34-25-27(38)17-23-36(34)39(35)28-18-20-32(21-19-28)40(29-10-4-1-5-11-29,30-12-6-2-7-13-30)31-14-8-3-9-15-31;1-3-17(4-2)15-8-6-5-7-13(15)14-10-9-12(18(19)20)11-16(14)17/h9-47H,5-8H2,1-4H3;1-25H;5-11,19-20H,3-4H2,1-2H3. The molecule has 23 rings (SSSR count). The van der Waals surface area contributed by atoms with Gasteiger partial charge in [-0.1, -0.05) is 407 Å². The van der Waals surface area contributed by atoms with E-state index in [0.29, 0.717) is 5.46 Å². The Morgan fingerprint density at radius 1 is 0.227 bits per heavy atom. The van der Waals surface area contributed by atoms with E-state index >= 15 is 0 Å². The number of hydrogen-bond donors (Lipinski definition) is 2. The summed E-state index contributed by atoms with van der Waals surface area (Å²) in [4.78, 5) is 0. The van der Waals surface area contributed by atoms with E-state index in [9.17, 15) is 10.0 Å². The van der Waals surface area contributed by atoms with Gasteiger partial charge in [0, 0.05) is 58.1 Å². The van der Waals surface area contributed by atoms with Crippen molar-refractivity contribution >= 4 is 146 Å². The van der Waals surface area contributed by atoms with Crippen molar-refractivity contribution in [2.75, 3.05) is 0 Å². The van der Waals surface area contributed by atoms with Gasteiger partial charge < -0.3 is 19.2 Å². The molecule has 0 aliphatic heterocycles. The molecule has 2 heterocycles. The second-order valence-corrected chi connectivity index (χ2v) is 45.4. The molecule has 20 aromatic rings. The van der Waals surface area contributed by atoms with Gasteiger partial charge in [0.15, 0.2) is 16.1 Å². The Labute approximate surface area is 794 Å². The molecule has 0 radical (unpaired) electrons. The SMILES string of the molecule is Brc1ccc2c(c1)c1cc(Br)ccc1n2-c1ccc([Si](c2ccccc2)(c2ccccc2)c2ccccc2)cc1.CCC1(CC)c2ccccc2-c2ccc(-c3ccc4c(c3)c3cc(-c5ccc6c(c5)C(CC)(CC)c5ccccc5-6)ccc3n4-c3ccc([Si](c4ccccc4)(c4ccccc4)c4ccccc4)cc3)cc21.CCC1(CC)c2ccccc2-c2ccc(B(O)O)cc21. The molecule has 4 nitrogen and oxygen atoms in total. The van der Waals surface area contributed by atoms with Gasteiger partial charge in [0.05, 0.1) is 22.1 Å². The molecule has 0 bridgehead atoms. The number of aromatic nitrogens is 2. The molecule has 0 atom stereocenters. The topological polar surface area (TPSA) is 50.3 Å². The van der Waals surface area contributed by atoms with Gasteiger partial charge in [-0.05, 0) is 272 Å². The van der Waals surface area contributed by atoms with E-state index in [1.54, 1.807) is 0 Å². The molecule has 132 heavy (non-hydrogen) atoms. The zero-order valence-electron chi connectivity index (χ0n) is 75.4. The highest BCUT2D eigenvalue weighted by Gasteiger charge is 2.46. The van der Waals surface area contributed by atoms with Crippen LogP contribution in [0.4, 0.5) is 0 Å². The van der Waals surface area contributed by atoms with E-state index in [1.807, 2.05) is 18.2 Å². The summed E-state index contributed by atoms with van der Waals surface area (Å²) in [5, 5.41) is 34.9. The summed E-state index contributed by atoms with van der Waals surface area (Å²) < 4.78 is 7.05. The molecular weight excluding hydrogens is 1760 g/mol. The van der Waals surface area contributed by atoms with Crippen molar-refractivity contribution in [3.63, 3.8) is 0 Å². The molecule has 0 amide bonds. The minimum absolute atomic E-state index is 0.00315. The smallest absolute Gasteiger partial charge is 0.423 e. The number of nitrogens with zero attached hydrogens (tertiary/aromatic N) is 2. The number of benzene rings is 18. The fourth-order valence-electron chi connectivity index (χ4n) is 23.7. The lowest BCUT2D eigenvalue weighted by Gasteiger charge is -2.34. The monoisotopic (exact) mass is 1860 g/mol. The van der Waals surface area contributed by atoms with Gasteiger partial charge in [0.25, 0.3) is 0 Å². The highest BCUT2D eigenvalue weighted by Crippen LogP contribution is 2.57. The lowest BCUT2D eigenvalue weighted by atomic mass is 9.71. The predicted octanol–water partition coefficient (Wildman–Crippen LogP) is 25.8. The Bertz CT molecular complexity index is 7280. The molecule has 18 aromatic carbocycles. The second kappa shape index (κ2) is 35.2. The van der Waals surface area contributed by atoms with Crippen LogP contribution >= 0.6 is 31.9 Å². The van der Waals surface area contributed by atoms with Crippen molar-refractivity contribution in [1.29, 1.82) is 0 Å². The predicted molar refractivity (Wildman–Crippen MR) is 572 cm³/mol. The third-order valence-electron chi connectivity index (χ3n) is 30.2. The zero-order valence-corrected chi connectivity index (χ0v) is 80.5. The van der Waals surface area contributed by atoms with Crippen LogP contribution in [0.15, 0.2) is 440 Å². The molecule has 0 saturated carbocycles. The van der Waals surface area contributed by atoms with Crippen LogP contribution in [0.3, 0.4) is 0 Å². The average Bonchev–Trinajstić information content (AvgIpc) is 1.16. The first-order valence-electron chi connectivity index (χ1n) is 46.9. The largest absolute Gasteiger partial charge is 0.488 e. The highest BCUT2D eigenvalue weighted by molar-refractivity contribution is 9.10. The van der Waals surface area contributed by atoms with Crippen molar-refractivity contribution in [1.82, 2.24) is 9.13 Å². The molecule has 3 aliphatic rings. The quantitative estimate of drug-likeness (QED) is 0.0626.